The molecule has 160 valence electrons. The first-order valence-electron chi connectivity index (χ1n) is 9.92. The normalized spacial score (nSPS) is 12.2. The maximum absolute atomic E-state index is 11.6. The van der Waals surface area contributed by atoms with Crippen LogP contribution in [0, 0.1) is 6.92 Å². The van der Waals surface area contributed by atoms with E-state index in [0.29, 0.717) is 23.7 Å². The molecule has 32 heavy (non-hydrogen) atoms. The average Bonchev–Trinajstić information content (AvgIpc) is 3.34. The lowest BCUT2D eigenvalue weighted by Gasteiger charge is -2.15. The minimum Gasteiger partial charge on any atom is -0.478 e. The molecule has 1 amide bonds. The second-order valence-electron chi connectivity index (χ2n) is 7.46. The van der Waals surface area contributed by atoms with Crippen LogP contribution >= 0.6 is 11.3 Å². The summed E-state index contributed by atoms with van der Waals surface area (Å²) < 4.78 is 1.83. The fourth-order valence-corrected chi connectivity index (χ4v) is 5.02. The predicted octanol–water partition coefficient (Wildman–Crippen LogP) is 3.52. The fourth-order valence-electron chi connectivity index (χ4n) is 3.90. The topological polar surface area (TPSA) is 123 Å². The predicted molar refractivity (Wildman–Crippen MR) is 119 cm³/mol. The third kappa shape index (κ3) is 3.34. The van der Waals surface area contributed by atoms with Crippen molar-refractivity contribution in [3.8, 4) is 27.6 Å². The van der Waals surface area contributed by atoms with Crippen molar-refractivity contribution < 1.29 is 14.7 Å². The van der Waals surface area contributed by atoms with Crippen molar-refractivity contribution in [3.05, 3.63) is 59.2 Å². The number of carboxylic acid groups (broad SMARTS) is 1. The van der Waals surface area contributed by atoms with Gasteiger partial charge in [-0.15, -0.1) is 0 Å². The average molecular weight is 446 g/mol. The van der Waals surface area contributed by atoms with E-state index in [2.05, 4.69) is 20.3 Å². The molecule has 0 saturated carbocycles. The Morgan fingerprint density at radius 1 is 1.22 bits per heavy atom. The molecule has 9 nitrogen and oxygen atoms in total. The lowest BCUT2D eigenvalue weighted by atomic mass is 9.96. The van der Waals surface area contributed by atoms with Gasteiger partial charge in [0.1, 0.15) is 11.4 Å². The van der Waals surface area contributed by atoms with Crippen LogP contribution in [0.2, 0.25) is 0 Å². The zero-order valence-corrected chi connectivity index (χ0v) is 18.1. The third-order valence-corrected chi connectivity index (χ3v) is 6.29. The molecule has 10 heteroatoms. The Morgan fingerprint density at radius 3 is 2.75 bits per heavy atom. The Morgan fingerprint density at radius 2 is 2.06 bits per heavy atom. The molecule has 0 spiro atoms. The van der Waals surface area contributed by atoms with Gasteiger partial charge in [-0.1, -0.05) is 11.3 Å². The Labute approximate surface area is 186 Å². The number of aromatic nitrogens is 5. The number of anilines is 1. The molecule has 0 saturated heterocycles. The van der Waals surface area contributed by atoms with Crippen molar-refractivity contribution in [3.63, 3.8) is 0 Å². The van der Waals surface area contributed by atoms with Crippen molar-refractivity contribution in [2.75, 3.05) is 5.32 Å². The second kappa shape index (κ2) is 7.65. The van der Waals surface area contributed by atoms with E-state index in [0.717, 1.165) is 38.8 Å². The first kappa shape index (κ1) is 20.0. The maximum Gasteiger partial charge on any atom is 0.335 e. The van der Waals surface area contributed by atoms with E-state index < -0.39 is 5.97 Å². The molecule has 0 fully saturated rings. The molecular formula is C22H18N6O3S. The molecule has 0 aliphatic heterocycles. The summed E-state index contributed by atoms with van der Waals surface area (Å²) in [5.41, 5.74) is 5.96. The molecule has 0 radical (unpaired) electrons. The number of nitrogens with one attached hydrogen (secondary N) is 1. The molecule has 3 heterocycles. The van der Waals surface area contributed by atoms with Crippen molar-refractivity contribution in [2.24, 2.45) is 0 Å². The van der Waals surface area contributed by atoms with E-state index in [1.165, 1.54) is 18.3 Å². The smallest absolute Gasteiger partial charge is 0.335 e. The Bertz CT molecular complexity index is 1380. The van der Waals surface area contributed by atoms with Crippen LogP contribution in [-0.2, 0) is 17.6 Å². The van der Waals surface area contributed by atoms with Gasteiger partial charge in [-0.2, -0.15) is 5.10 Å². The molecule has 1 aliphatic carbocycles. The highest BCUT2D eigenvalue weighted by molar-refractivity contribution is 7.19. The van der Waals surface area contributed by atoms with E-state index in [4.69, 9.17) is 5.10 Å². The summed E-state index contributed by atoms with van der Waals surface area (Å²) >= 11 is 1.40. The van der Waals surface area contributed by atoms with Crippen molar-refractivity contribution >= 4 is 28.3 Å². The van der Waals surface area contributed by atoms with Crippen molar-refractivity contribution in [1.29, 1.82) is 0 Å². The van der Waals surface area contributed by atoms with Crippen molar-refractivity contribution in [2.45, 2.75) is 26.7 Å². The quantitative estimate of drug-likeness (QED) is 0.492. The van der Waals surface area contributed by atoms with Crippen LogP contribution in [0.25, 0.3) is 27.6 Å². The van der Waals surface area contributed by atoms with Gasteiger partial charge in [-0.25, -0.2) is 14.5 Å². The first-order chi connectivity index (χ1) is 15.4. The first-order valence-corrected chi connectivity index (χ1v) is 10.7. The maximum atomic E-state index is 11.6. The fraction of sp³-hybridized carbons (Fsp3) is 0.182. The van der Waals surface area contributed by atoms with Crippen LogP contribution in [0.5, 0.6) is 0 Å². The minimum atomic E-state index is -0.980. The molecule has 1 aromatic carbocycles. The van der Waals surface area contributed by atoms with Gasteiger partial charge in [-0.05, 0) is 43.5 Å². The number of hydrogen-bond donors (Lipinski definition) is 2. The minimum absolute atomic E-state index is 0.176. The number of benzene rings is 1. The largest absolute Gasteiger partial charge is 0.478 e. The number of carbonyl (C=O) groups excluding carboxylic acids is 1. The zero-order valence-electron chi connectivity index (χ0n) is 17.3. The monoisotopic (exact) mass is 446 g/mol. The van der Waals surface area contributed by atoms with Gasteiger partial charge in [0.15, 0.2) is 5.13 Å². The van der Waals surface area contributed by atoms with E-state index in [9.17, 15) is 14.7 Å². The van der Waals surface area contributed by atoms with Crippen molar-refractivity contribution in [1.82, 2.24) is 24.7 Å². The van der Waals surface area contributed by atoms with Gasteiger partial charge in [0.05, 0.1) is 33.7 Å². The molecule has 0 atom stereocenters. The Kier molecular flexibility index (Phi) is 4.78. The Balaban J connectivity index is 1.75. The van der Waals surface area contributed by atoms with E-state index in [1.54, 1.807) is 36.8 Å². The molecule has 3 aromatic heterocycles. The van der Waals surface area contributed by atoms with Crippen LogP contribution < -0.4 is 5.32 Å². The van der Waals surface area contributed by atoms with Crippen LogP contribution in [0.4, 0.5) is 5.13 Å². The Hall–Kier alpha value is -3.92. The third-order valence-electron chi connectivity index (χ3n) is 5.27. The zero-order chi connectivity index (χ0) is 22.4. The summed E-state index contributed by atoms with van der Waals surface area (Å²) in [5.74, 6) is -1.16. The van der Waals surface area contributed by atoms with Crippen LogP contribution in [0.15, 0.2) is 36.8 Å². The molecule has 4 aromatic rings. The number of carboxylic acids is 1. The number of rotatable bonds is 4. The van der Waals surface area contributed by atoms with Crippen LogP contribution in [0.3, 0.4) is 0 Å². The number of aryl methyl sites for hydroxylation is 2. The molecular weight excluding hydrogens is 428 g/mol. The summed E-state index contributed by atoms with van der Waals surface area (Å²) in [6, 6.07) is 4.96. The molecule has 0 bridgehead atoms. The van der Waals surface area contributed by atoms with Crippen LogP contribution in [0.1, 0.15) is 34.1 Å². The second-order valence-corrected chi connectivity index (χ2v) is 8.46. The standard InChI is InChI=1S/C22H18N6O3S/c1-11-9-13(21(30)31)3-6-17(11)28-19-14(18(27-28)16-10-23-7-8-24-16)4-5-15-20(19)32-22(26-15)25-12(2)29/h3,6-10H,4-5H2,1-2H3,(H,30,31)(H,25,26,29). The summed E-state index contributed by atoms with van der Waals surface area (Å²) in [6.45, 7) is 3.31. The number of nitrogens with zero attached hydrogens (tertiary/aromatic N) is 5. The molecule has 1 aliphatic rings. The summed E-state index contributed by atoms with van der Waals surface area (Å²) in [5, 5.41) is 17.6. The number of aromatic carboxylic acids is 1. The molecule has 5 rings (SSSR count). The SMILES string of the molecule is CC(=O)Nc1nc2c(s1)-c1c(c(-c3cnccn3)nn1-c1ccc(C(=O)O)cc1C)CC2. The van der Waals surface area contributed by atoms with E-state index in [-0.39, 0.29) is 11.5 Å². The lowest BCUT2D eigenvalue weighted by molar-refractivity contribution is -0.114. The van der Waals surface area contributed by atoms with Gasteiger partial charge in [0.25, 0.3) is 0 Å². The highest BCUT2D eigenvalue weighted by Gasteiger charge is 2.30. The molecule has 0 unspecified atom stereocenters. The number of hydrogen-bond acceptors (Lipinski definition) is 7. The van der Waals surface area contributed by atoms with Gasteiger partial charge >= 0.3 is 5.97 Å². The number of fused-ring (bicyclic) bond motifs is 3. The van der Waals surface area contributed by atoms with Gasteiger partial charge in [0.2, 0.25) is 5.91 Å². The number of amides is 1. The highest BCUT2D eigenvalue weighted by Crippen LogP contribution is 2.44. The van der Waals surface area contributed by atoms with Crippen LogP contribution in [-0.4, -0.2) is 41.7 Å². The lowest BCUT2D eigenvalue weighted by Crippen LogP contribution is -2.08. The summed E-state index contributed by atoms with van der Waals surface area (Å²) in [7, 11) is 0. The van der Waals surface area contributed by atoms with Gasteiger partial charge in [-0.3, -0.25) is 14.8 Å². The summed E-state index contributed by atoms with van der Waals surface area (Å²) in [4.78, 5) is 37.1. The number of thiazole rings is 1. The van der Waals surface area contributed by atoms with E-state index in [1.807, 2.05) is 11.6 Å². The molecule has 2 N–H and O–H groups in total. The van der Waals surface area contributed by atoms with E-state index >= 15 is 0 Å². The highest BCUT2D eigenvalue weighted by atomic mass is 32.1. The summed E-state index contributed by atoms with van der Waals surface area (Å²) in [6.07, 6.45) is 6.35. The van der Waals surface area contributed by atoms with Gasteiger partial charge in [0, 0.05) is 24.9 Å². The number of carbonyl (C=O) groups is 2. The van der Waals surface area contributed by atoms with Gasteiger partial charge < -0.3 is 10.4 Å².